The van der Waals surface area contributed by atoms with Crippen molar-refractivity contribution in [2.24, 2.45) is 0 Å². The molecule has 11 heteroatoms. The van der Waals surface area contributed by atoms with Gasteiger partial charge in [0.25, 0.3) is 5.91 Å². The van der Waals surface area contributed by atoms with Crippen molar-refractivity contribution in [3.63, 3.8) is 0 Å². The highest BCUT2D eigenvalue weighted by atomic mass is 19.4. The van der Waals surface area contributed by atoms with Gasteiger partial charge >= 0.3 is 18.4 Å². The fraction of sp³-hybridized carbons (Fsp3) is 0.250. The molecule has 206 valence electrons. The van der Waals surface area contributed by atoms with Gasteiger partial charge in [-0.05, 0) is 59.5 Å². The number of hydrogen-bond acceptors (Lipinski definition) is 4. The van der Waals surface area contributed by atoms with E-state index in [1.54, 1.807) is 24.3 Å². The number of alkyl halides is 3. The number of benzene rings is 3. The molecule has 0 saturated carbocycles. The minimum atomic E-state index is -4.82. The van der Waals surface area contributed by atoms with Gasteiger partial charge in [-0.2, -0.15) is 0 Å². The van der Waals surface area contributed by atoms with E-state index in [-0.39, 0.29) is 18.7 Å². The minimum absolute atomic E-state index is 0.00626. The van der Waals surface area contributed by atoms with Crippen LogP contribution in [0.4, 0.5) is 23.7 Å². The van der Waals surface area contributed by atoms with E-state index in [0.29, 0.717) is 11.1 Å². The standard InChI is InChI=1S/C28H28F3N3O5/c1-2-3-18-4-6-19(7-5-18)25(20-8-10-21(11-9-20)26(37)32-17-16-24(35)36)34-27(38)33-22-12-14-23(15-13-22)39-28(29,30)31/h4-15,25H,2-3,16-17H2,1H3,(H,32,37)(H,35,36)(H2,33,34,38). The summed E-state index contributed by atoms with van der Waals surface area (Å²) in [6, 6.07) is 17.8. The van der Waals surface area contributed by atoms with Gasteiger partial charge in [0, 0.05) is 17.8 Å². The monoisotopic (exact) mass is 543 g/mol. The van der Waals surface area contributed by atoms with E-state index in [1.165, 1.54) is 12.1 Å². The first kappa shape index (κ1) is 29.0. The topological polar surface area (TPSA) is 117 Å². The molecule has 39 heavy (non-hydrogen) atoms. The van der Waals surface area contributed by atoms with Crippen molar-refractivity contribution in [2.45, 2.75) is 38.6 Å². The molecule has 0 radical (unpaired) electrons. The summed E-state index contributed by atoms with van der Waals surface area (Å²) in [6.07, 6.45) is -3.14. The zero-order valence-electron chi connectivity index (χ0n) is 21.0. The molecule has 3 amide bonds. The van der Waals surface area contributed by atoms with Gasteiger partial charge in [-0.15, -0.1) is 13.2 Å². The van der Waals surface area contributed by atoms with E-state index < -0.39 is 36.1 Å². The number of carbonyl (C=O) groups excluding carboxylic acids is 2. The maximum absolute atomic E-state index is 12.9. The molecule has 8 nitrogen and oxygen atoms in total. The summed E-state index contributed by atoms with van der Waals surface area (Å²) in [5, 5.41) is 16.7. The third-order valence-corrected chi connectivity index (χ3v) is 5.60. The fourth-order valence-corrected chi connectivity index (χ4v) is 3.77. The third kappa shape index (κ3) is 9.37. The quantitative estimate of drug-likeness (QED) is 0.249. The number of rotatable bonds is 11. The van der Waals surface area contributed by atoms with Crippen molar-refractivity contribution < 1.29 is 37.4 Å². The summed E-state index contributed by atoms with van der Waals surface area (Å²) in [6.45, 7) is 2.07. The van der Waals surface area contributed by atoms with E-state index in [4.69, 9.17) is 5.11 Å². The van der Waals surface area contributed by atoms with Crippen LogP contribution >= 0.6 is 0 Å². The predicted octanol–water partition coefficient (Wildman–Crippen LogP) is 5.65. The van der Waals surface area contributed by atoms with Crippen molar-refractivity contribution in [3.05, 3.63) is 95.1 Å². The molecule has 0 aliphatic carbocycles. The molecule has 0 saturated heterocycles. The molecule has 3 aromatic carbocycles. The smallest absolute Gasteiger partial charge is 0.481 e. The highest BCUT2D eigenvalue weighted by Gasteiger charge is 2.31. The highest BCUT2D eigenvalue weighted by Crippen LogP contribution is 2.26. The van der Waals surface area contributed by atoms with E-state index >= 15 is 0 Å². The second-order valence-corrected chi connectivity index (χ2v) is 8.62. The van der Waals surface area contributed by atoms with Crippen LogP contribution in [0.1, 0.15) is 52.9 Å². The molecular formula is C28H28F3N3O5. The van der Waals surface area contributed by atoms with Crippen LogP contribution in [-0.2, 0) is 11.2 Å². The lowest BCUT2D eigenvalue weighted by Crippen LogP contribution is -2.33. The zero-order valence-corrected chi connectivity index (χ0v) is 21.0. The van der Waals surface area contributed by atoms with Crippen molar-refractivity contribution in [1.82, 2.24) is 10.6 Å². The van der Waals surface area contributed by atoms with Crippen LogP contribution in [-0.4, -0.2) is 35.9 Å². The summed E-state index contributed by atoms with van der Waals surface area (Å²) in [5.41, 5.74) is 3.17. The normalized spacial score (nSPS) is 11.8. The van der Waals surface area contributed by atoms with Crippen LogP contribution in [0.3, 0.4) is 0 Å². The molecule has 4 N–H and O–H groups in total. The van der Waals surface area contributed by atoms with Crippen molar-refractivity contribution in [3.8, 4) is 5.75 Å². The largest absolute Gasteiger partial charge is 0.573 e. The Bertz CT molecular complexity index is 1260. The van der Waals surface area contributed by atoms with Crippen molar-refractivity contribution in [1.29, 1.82) is 0 Å². The Morgan fingerprint density at radius 3 is 2.03 bits per heavy atom. The first-order valence-electron chi connectivity index (χ1n) is 12.2. The van der Waals surface area contributed by atoms with Crippen LogP contribution in [0.5, 0.6) is 5.75 Å². The van der Waals surface area contributed by atoms with Gasteiger partial charge in [0.1, 0.15) is 5.75 Å². The Hall–Kier alpha value is -4.54. The van der Waals surface area contributed by atoms with Crippen molar-refractivity contribution >= 4 is 23.6 Å². The predicted molar refractivity (Wildman–Crippen MR) is 139 cm³/mol. The third-order valence-electron chi connectivity index (χ3n) is 5.60. The van der Waals surface area contributed by atoms with Crippen LogP contribution in [0.25, 0.3) is 0 Å². The SMILES string of the molecule is CCCc1ccc(C(NC(=O)Nc2ccc(OC(F)(F)F)cc2)c2ccc(C(=O)NCCC(=O)O)cc2)cc1. The van der Waals surface area contributed by atoms with Gasteiger partial charge in [-0.1, -0.05) is 49.7 Å². The van der Waals surface area contributed by atoms with E-state index in [9.17, 15) is 27.6 Å². The molecule has 0 heterocycles. The zero-order chi connectivity index (χ0) is 28.4. The summed E-state index contributed by atoms with van der Waals surface area (Å²) in [7, 11) is 0. The lowest BCUT2D eigenvalue weighted by Gasteiger charge is -2.21. The Balaban J connectivity index is 1.76. The Labute approximate surface area is 223 Å². The average molecular weight is 544 g/mol. The van der Waals surface area contributed by atoms with Gasteiger partial charge in [0.2, 0.25) is 0 Å². The highest BCUT2D eigenvalue weighted by molar-refractivity contribution is 5.94. The number of carbonyl (C=O) groups is 3. The number of aryl methyl sites for hydroxylation is 1. The second-order valence-electron chi connectivity index (χ2n) is 8.62. The molecule has 0 bridgehead atoms. The van der Waals surface area contributed by atoms with Crippen molar-refractivity contribution in [2.75, 3.05) is 11.9 Å². The van der Waals surface area contributed by atoms with Gasteiger partial charge in [-0.25, -0.2) is 4.79 Å². The molecular weight excluding hydrogens is 515 g/mol. The van der Waals surface area contributed by atoms with Crippen LogP contribution in [0.15, 0.2) is 72.8 Å². The number of carboxylic acids is 1. The molecule has 0 fully saturated rings. The number of aliphatic carboxylic acids is 1. The molecule has 0 spiro atoms. The molecule has 1 atom stereocenters. The first-order valence-corrected chi connectivity index (χ1v) is 12.2. The minimum Gasteiger partial charge on any atom is -0.481 e. The summed E-state index contributed by atoms with van der Waals surface area (Å²) in [5.74, 6) is -1.86. The molecule has 1 unspecified atom stereocenters. The number of hydrogen-bond donors (Lipinski definition) is 4. The lowest BCUT2D eigenvalue weighted by molar-refractivity contribution is -0.274. The van der Waals surface area contributed by atoms with Gasteiger partial charge in [-0.3, -0.25) is 9.59 Å². The Morgan fingerprint density at radius 2 is 1.49 bits per heavy atom. The molecule has 3 rings (SSSR count). The summed E-state index contributed by atoms with van der Waals surface area (Å²) < 4.78 is 41.0. The number of ether oxygens (including phenoxy) is 1. The average Bonchev–Trinajstić information content (AvgIpc) is 2.88. The van der Waals surface area contributed by atoms with E-state index in [0.717, 1.165) is 36.1 Å². The van der Waals surface area contributed by atoms with Gasteiger partial charge in [0.15, 0.2) is 0 Å². The maximum atomic E-state index is 12.9. The molecule has 0 aromatic heterocycles. The fourth-order valence-electron chi connectivity index (χ4n) is 3.77. The Kier molecular flexibility index (Phi) is 9.91. The van der Waals surface area contributed by atoms with Crippen LogP contribution < -0.4 is 20.7 Å². The number of amides is 3. The maximum Gasteiger partial charge on any atom is 0.573 e. The number of nitrogens with one attached hydrogen (secondary N) is 3. The molecule has 0 aliphatic rings. The second kappa shape index (κ2) is 13.3. The van der Waals surface area contributed by atoms with E-state index in [2.05, 4.69) is 27.6 Å². The van der Waals surface area contributed by atoms with Gasteiger partial charge in [0.05, 0.1) is 12.5 Å². The number of halogens is 3. The first-order chi connectivity index (χ1) is 18.5. The van der Waals surface area contributed by atoms with E-state index in [1.807, 2.05) is 24.3 Å². The van der Waals surface area contributed by atoms with Gasteiger partial charge < -0.3 is 25.8 Å². The number of carboxylic acid groups (broad SMARTS) is 1. The Morgan fingerprint density at radius 1 is 0.897 bits per heavy atom. The summed E-state index contributed by atoms with van der Waals surface area (Å²) >= 11 is 0. The van der Waals surface area contributed by atoms with Crippen LogP contribution in [0, 0.1) is 0 Å². The molecule has 3 aromatic rings. The molecule has 0 aliphatic heterocycles. The van der Waals surface area contributed by atoms with Crippen LogP contribution in [0.2, 0.25) is 0 Å². The number of anilines is 1. The summed E-state index contributed by atoms with van der Waals surface area (Å²) in [4.78, 5) is 35.8. The lowest BCUT2D eigenvalue weighted by atomic mass is 9.96. The number of urea groups is 1.